The fraction of sp³-hybridized carbons (Fsp3) is 0.480. The molecule has 0 bridgehead atoms. The highest BCUT2D eigenvalue weighted by molar-refractivity contribution is 6.30. The van der Waals surface area contributed by atoms with Crippen LogP contribution in [0.15, 0.2) is 42.5 Å². The summed E-state index contributed by atoms with van der Waals surface area (Å²) in [5, 5.41) is 0.612. The molecule has 32 heavy (non-hydrogen) atoms. The second-order valence-corrected chi connectivity index (χ2v) is 8.63. The van der Waals surface area contributed by atoms with Crippen molar-refractivity contribution in [1.29, 1.82) is 0 Å². The average molecular weight is 465 g/mol. The number of hydrogen-bond donors (Lipinski definition) is 0. The molecule has 0 N–H and O–H groups in total. The number of piperazine rings is 1. The lowest BCUT2D eigenvalue weighted by Gasteiger charge is -2.37. The van der Waals surface area contributed by atoms with Crippen molar-refractivity contribution >= 4 is 17.5 Å². The van der Waals surface area contributed by atoms with Gasteiger partial charge in [-0.05, 0) is 42.7 Å². The summed E-state index contributed by atoms with van der Waals surface area (Å²) in [6.45, 7) is 7.29. The molecular formula is C25H31ClF2N2O2. The highest BCUT2D eigenvalue weighted by Gasteiger charge is 2.27. The number of carbonyl (C=O) groups excluding carboxylic acids is 1. The van der Waals surface area contributed by atoms with Crippen LogP contribution < -0.4 is 0 Å². The van der Waals surface area contributed by atoms with Gasteiger partial charge in [0, 0.05) is 49.2 Å². The minimum atomic E-state index is -0.617. The van der Waals surface area contributed by atoms with E-state index in [2.05, 4.69) is 18.7 Å². The average Bonchev–Trinajstić information content (AvgIpc) is 2.79. The summed E-state index contributed by atoms with van der Waals surface area (Å²) >= 11 is 6.03. The van der Waals surface area contributed by atoms with E-state index in [1.54, 1.807) is 12.1 Å². The van der Waals surface area contributed by atoms with Crippen molar-refractivity contribution in [2.24, 2.45) is 5.92 Å². The molecule has 0 aromatic heterocycles. The standard InChI is InChI=1S/C25H31ClF2N2O2/c1-3-18(4-2)25(31)30-14-12-29(13-15-30)16-24(19-8-10-20(26)11-9-19)32-17-21-22(27)6-5-7-23(21)28/h5-11,18,24H,3-4,12-17H2,1-2H3. The van der Waals surface area contributed by atoms with Gasteiger partial charge < -0.3 is 9.64 Å². The first-order valence-corrected chi connectivity index (χ1v) is 11.6. The Morgan fingerprint density at radius 3 is 2.16 bits per heavy atom. The molecule has 0 spiro atoms. The fourth-order valence-electron chi connectivity index (χ4n) is 4.07. The van der Waals surface area contributed by atoms with E-state index in [0.717, 1.165) is 31.5 Å². The molecule has 1 amide bonds. The molecule has 2 aromatic rings. The number of amides is 1. The molecule has 3 rings (SSSR count). The summed E-state index contributed by atoms with van der Waals surface area (Å²) in [6.07, 6.45) is 1.33. The van der Waals surface area contributed by atoms with Crippen LogP contribution in [0.1, 0.15) is 43.9 Å². The SMILES string of the molecule is CCC(CC)C(=O)N1CCN(CC(OCc2c(F)cccc2F)c2ccc(Cl)cc2)CC1. The summed E-state index contributed by atoms with van der Waals surface area (Å²) in [6, 6.07) is 11.1. The summed E-state index contributed by atoms with van der Waals surface area (Å²) in [7, 11) is 0. The molecule has 1 fully saturated rings. The van der Waals surface area contributed by atoms with Gasteiger partial charge >= 0.3 is 0 Å². The molecule has 1 saturated heterocycles. The molecule has 174 valence electrons. The second-order valence-electron chi connectivity index (χ2n) is 8.19. The normalized spacial score (nSPS) is 15.9. The van der Waals surface area contributed by atoms with Gasteiger partial charge in [0.15, 0.2) is 0 Å². The van der Waals surface area contributed by atoms with Crippen LogP contribution in [0, 0.1) is 17.6 Å². The maximum Gasteiger partial charge on any atom is 0.225 e. The zero-order chi connectivity index (χ0) is 23.1. The minimum Gasteiger partial charge on any atom is -0.367 e. The maximum absolute atomic E-state index is 14.1. The van der Waals surface area contributed by atoms with Crippen molar-refractivity contribution in [3.63, 3.8) is 0 Å². The third-order valence-corrected chi connectivity index (χ3v) is 6.43. The molecule has 1 atom stereocenters. The molecule has 4 nitrogen and oxygen atoms in total. The van der Waals surface area contributed by atoms with Gasteiger partial charge in [-0.25, -0.2) is 8.78 Å². The highest BCUT2D eigenvalue weighted by Crippen LogP contribution is 2.25. The number of carbonyl (C=O) groups is 1. The van der Waals surface area contributed by atoms with Gasteiger partial charge in [-0.3, -0.25) is 9.69 Å². The fourth-order valence-corrected chi connectivity index (χ4v) is 4.19. The zero-order valence-electron chi connectivity index (χ0n) is 18.7. The minimum absolute atomic E-state index is 0.0768. The van der Waals surface area contributed by atoms with Crippen LogP contribution in [0.2, 0.25) is 5.02 Å². The third kappa shape index (κ3) is 6.27. The molecular weight excluding hydrogens is 434 g/mol. The predicted molar refractivity (Wildman–Crippen MR) is 122 cm³/mol. The Balaban J connectivity index is 1.66. The van der Waals surface area contributed by atoms with Crippen molar-refractivity contribution in [3.8, 4) is 0 Å². The first-order chi connectivity index (χ1) is 15.4. The summed E-state index contributed by atoms with van der Waals surface area (Å²) in [4.78, 5) is 16.8. The van der Waals surface area contributed by atoms with Crippen molar-refractivity contribution in [2.45, 2.75) is 39.4 Å². The van der Waals surface area contributed by atoms with E-state index in [0.29, 0.717) is 24.7 Å². The highest BCUT2D eigenvalue weighted by atomic mass is 35.5. The monoisotopic (exact) mass is 464 g/mol. The molecule has 1 heterocycles. The second kappa shape index (κ2) is 11.7. The van der Waals surface area contributed by atoms with E-state index < -0.39 is 11.6 Å². The molecule has 7 heteroatoms. The van der Waals surface area contributed by atoms with Crippen LogP contribution in [0.4, 0.5) is 8.78 Å². The van der Waals surface area contributed by atoms with E-state index in [1.807, 2.05) is 17.0 Å². The predicted octanol–water partition coefficient (Wildman–Crippen LogP) is 5.46. The number of halogens is 3. The van der Waals surface area contributed by atoms with E-state index in [4.69, 9.17) is 16.3 Å². The van der Waals surface area contributed by atoms with Gasteiger partial charge in [-0.1, -0.05) is 43.6 Å². The summed E-state index contributed by atoms with van der Waals surface area (Å²) in [5.74, 6) is -0.917. The topological polar surface area (TPSA) is 32.8 Å². The Morgan fingerprint density at radius 1 is 1.00 bits per heavy atom. The number of ether oxygens (including phenoxy) is 1. The lowest BCUT2D eigenvalue weighted by Crippen LogP contribution is -2.51. The summed E-state index contributed by atoms with van der Waals surface area (Å²) < 4.78 is 34.2. The largest absolute Gasteiger partial charge is 0.367 e. The number of nitrogens with zero attached hydrogens (tertiary/aromatic N) is 2. The van der Waals surface area contributed by atoms with Gasteiger partial charge in [-0.15, -0.1) is 0 Å². The van der Waals surface area contributed by atoms with E-state index in [-0.39, 0.29) is 30.1 Å². The van der Waals surface area contributed by atoms with Crippen LogP contribution in [-0.2, 0) is 16.1 Å². The first-order valence-electron chi connectivity index (χ1n) is 11.2. The Labute approximate surface area is 194 Å². The molecule has 1 aliphatic heterocycles. The van der Waals surface area contributed by atoms with E-state index in [9.17, 15) is 13.6 Å². The smallest absolute Gasteiger partial charge is 0.225 e. The van der Waals surface area contributed by atoms with Gasteiger partial charge in [0.2, 0.25) is 5.91 Å². The van der Waals surface area contributed by atoms with Gasteiger partial charge in [-0.2, -0.15) is 0 Å². The van der Waals surface area contributed by atoms with E-state index in [1.165, 1.54) is 18.2 Å². The zero-order valence-corrected chi connectivity index (χ0v) is 19.5. The molecule has 0 saturated carbocycles. The Morgan fingerprint density at radius 2 is 1.59 bits per heavy atom. The van der Waals surface area contributed by atoms with Crippen LogP contribution in [-0.4, -0.2) is 48.4 Å². The Hall–Kier alpha value is -2.02. The molecule has 0 radical (unpaired) electrons. The van der Waals surface area contributed by atoms with Gasteiger partial charge in [0.25, 0.3) is 0 Å². The lowest BCUT2D eigenvalue weighted by molar-refractivity contribution is -0.137. The Kier molecular flexibility index (Phi) is 9.02. The summed E-state index contributed by atoms with van der Waals surface area (Å²) in [5.41, 5.74) is 0.814. The first kappa shape index (κ1) is 24.6. The number of hydrogen-bond acceptors (Lipinski definition) is 3. The van der Waals surface area contributed by atoms with Gasteiger partial charge in [0.1, 0.15) is 11.6 Å². The molecule has 1 aliphatic rings. The van der Waals surface area contributed by atoms with Crippen molar-refractivity contribution < 1.29 is 18.3 Å². The molecule has 0 aliphatic carbocycles. The van der Waals surface area contributed by atoms with Crippen molar-refractivity contribution in [2.75, 3.05) is 32.7 Å². The third-order valence-electron chi connectivity index (χ3n) is 6.18. The number of benzene rings is 2. The Bertz CT molecular complexity index is 862. The lowest BCUT2D eigenvalue weighted by atomic mass is 10.0. The quantitative estimate of drug-likeness (QED) is 0.494. The van der Waals surface area contributed by atoms with Gasteiger partial charge in [0.05, 0.1) is 12.7 Å². The van der Waals surface area contributed by atoms with Crippen LogP contribution in [0.25, 0.3) is 0 Å². The number of rotatable bonds is 9. The molecule has 1 unspecified atom stereocenters. The molecule has 2 aromatic carbocycles. The maximum atomic E-state index is 14.1. The van der Waals surface area contributed by atoms with Crippen molar-refractivity contribution in [1.82, 2.24) is 9.80 Å². The van der Waals surface area contributed by atoms with E-state index >= 15 is 0 Å². The van der Waals surface area contributed by atoms with Crippen molar-refractivity contribution in [3.05, 3.63) is 70.2 Å². The van der Waals surface area contributed by atoms with Crippen LogP contribution in [0.5, 0.6) is 0 Å². The van der Waals surface area contributed by atoms with Crippen LogP contribution in [0.3, 0.4) is 0 Å². The van der Waals surface area contributed by atoms with Crippen LogP contribution >= 0.6 is 11.6 Å².